The van der Waals surface area contributed by atoms with E-state index in [2.05, 4.69) is 35.5 Å². The number of hydrogen-bond donors (Lipinski definition) is 1. The highest BCUT2D eigenvalue weighted by molar-refractivity contribution is 7.80. The Bertz CT molecular complexity index is 271. The molecule has 0 aliphatic rings. The maximum absolute atomic E-state index is 4.28. The van der Waals surface area contributed by atoms with Gasteiger partial charge in [-0.15, -0.1) is 0 Å². The van der Waals surface area contributed by atoms with Crippen LogP contribution >= 0.6 is 12.6 Å². The van der Waals surface area contributed by atoms with Crippen molar-refractivity contribution >= 4 is 12.6 Å². The first-order chi connectivity index (χ1) is 7.83. The van der Waals surface area contributed by atoms with Crippen molar-refractivity contribution in [3.05, 3.63) is 18.0 Å². The third-order valence-corrected chi connectivity index (χ3v) is 3.12. The zero-order valence-electron chi connectivity index (χ0n) is 10.4. The summed E-state index contributed by atoms with van der Waals surface area (Å²) < 4.78 is 2.05. The van der Waals surface area contributed by atoms with Gasteiger partial charge in [0.05, 0.1) is 6.20 Å². The van der Waals surface area contributed by atoms with Crippen molar-refractivity contribution in [2.45, 2.75) is 58.4 Å². The second-order valence-electron chi connectivity index (χ2n) is 4.48. The van der Waals surface area contributed by atoms with Crippen LogP contribution in [-0.4, -0.2) is 15.5 Å². The Hall–Kier alpha value is -0.440. The van der Waals surface area contributed by atoms with Crippen molar-refractivity contribution in [1.29, 1.82) is 0 Å². The minimum absolute atomic E-state index is 1.04. The van der Waals surface area contributed by atoms with Crippen LogP contribution in [-0.2, 0) is 6.54 Å². The zero-order valence-corrected chi connectivity index (χ0v) is 11.3. The lowest BCUT2D eigenvalue weighted by atomic mass is 10.1. The number of aryl methyl sites for hydroxylation is 2. The standard InChI is InChI=1S/C13H24N2S/c1-13-11-14-15(12-13)9-7-5-3-2-4-6-8-10-16/h11-12,16H,2-10H2,1H3. The maximum atomic E-state index is 4.28. The molecule has 0 aromatic carbocycles. The van der Waals surface area contributed by atoms with Gasteiger partial charge in [-0.2, -0.15) is 17.7 Å². The molecule has 0 amide bonds. The third kappa shape index (κ3) is 6.21. The van der Waals surface area contributed by atoms with Gasteiger partial charge in [0, 0.05) is 12.7 Å². The normalized spacial score (nSPS) is 10.9. The maximum Gasteiger partial charge on any atom is 0.0518 e. The first-order valence-electron chi connectivity index (χ1n) is 6.43. The molecule has 0 atom stereocenters. The van der Waals surface area contributed by atoms with Gasteiger partial charge in [-0.3, -0.25) is 4.68 Å². The topological polar surface area (TPSA) is 17.8 Å². The van der Waals surface area contributed by atoms with Gasteiger partial charge in [0.1, 0.15) is 0 Å². The SMILES string of the molecule is Cc1cnn(CCCCCCCCCS)c1. The Labute approximate surface area is 105 Å². The number of nitrogens with zero attached hydrogens (tertiary/aromatic N) is 2. The molecule has 1 aromatic heterocycles. The van der Waals surface area contributed by atoms with E-state index in [9.17, 15) is 0 Å². The molecular weight excluding hydrogens is 216 g/mol. The van der Waals surface area contributed by atoms with Crippen LogP contribution in [0.2, 0.25) is 0 Å². The van der Waals surface area contributed by atoms with Crippen LogP contribution in [0.4, 0.5) is 0 Å². The monoisotopic (exact) mass is 240 g/mol. The predicted molar refractivity (Wildman–Crippen MR) is 73.1 cm³/mol. The Morgan fingerprint density at radius 1 is 1.06 bits per heavy atom. The highest BCUT2D eigenvalue weighted by atomic mass is 32.1. The molecule has 0 saturated carbocycles. The molecule has 16 heavy (non-hydrogen) atoms. The van der Waals surface area contributed by atoms with Crippen LogP contribution < -0.4 is 0 Å². The largest absolute Gasteiger partial charge is 0.272 e. The van der Waals surface area contributed by atoms with Crippen LogP contribution in [0.3, 0.4) is 0 Å². The molecule has 92 valence electrons. The van der Waals surface area contributed by atoms with Crippen molar-refractivity contribution in [3.8, 4) is 0 Å². The lowest BCUT2D eigenvalue weighted by Gasteiger charge is -2.02. The lowest BCUT2D eigenvalue weighted by Crippen LogP contribution is -1.97. The molecule has 0 saturated heterocycles. The second kappa shape index (κ2) is 8.68. The molecular formula is C13H24N2S. The van der Waals surface area contributed by atoms with Gasteiger partial charge in [0.2, 0.25) is 0 Å². The van der Waals surface area contributed by atoms with Gasteiger partial charge in [-0.1, -0.05) is 32.1 Å². The second-order valence-corrected chi connectivity index (χ2v) is 4.93. The number of aromatic nitrogens is 2. The lowest BCUT2D eigenvalue weighted by molar-refractivity contribution is 0.523. The molecule has 0 spiro atoms. The molecule has 0 radical (unpaired) electrons. The Morgan fingerprint density at radius 2 is 1.69 bits per heavy atom. The van der Waals surface area contributed by atoms with Crippen molar-refractivity contribution in [1.82, 2.24) is 9.78 Å². The Kier molecular flexibility index (Phi) is 7.39. The summed E-state index contributed by atoms with van der Waals surface area (Å²) in [6, 6.07) is 0. The minimum Gasteiger partial charge on any atom is -0.272 e. The van der Waals surface area contributed by atoms with E-state index in [-0.39, 0.29) is 0 Å². The highest BCUT2D eigenvalue weighted by Crippen LogP contribution is 2.08. The summed E-state index contributed by atoms with van der Waals surface area (Å²) in [5, 5.41) is 4.28. The average Bonchev–Trinajstić information content (AvgIpc) is 2.68. The number of unbranched alkanes of at least 4 members (excludes halogenated alkanes) is 6. The molecule has 0 aliphatic carbocycles. The van der Waals surface area contributed by atoms with E-state index in [1.165, 1.54) is 50.5 Å². The molecule has 0 fully saturated rings. The highest BCUT2D eigenvalue weighted by Gasteiger charge is 1.94. The number of thiol groups is 1. The molecule has 0 aliphatic heterocycles. The van der Waals surface area contributed by atoms with E-state index in [1.54, 1.807) is 0 Å². The number of hydrogen-bond acceptors (Lipinski definition) is 2. The Morgan fingerprint density at radius 3 is 2.25 bits per heavy atom. The molecule has 1 rings (SSSR count). The fourth-order valence-electron chi connectivity index (χ4n) is 1.86. The molecule has 0 unspecified atom stereocenters. The van der Waals surface area contributed by atoms with Gasteiger partial charge in [-0.05, 0) is 31.1 Å². The summed E-state index contributed by atoms with van der Waals surface area (Å²) in [6.07, 6.45) is 13.4. The first-order valence-corrected chi connectivity index (χ1v) is 7.06. The molecule has 3 heteroatoms. The van der Waals surface area contributed by atoms with Gasteiger partial charge < -0.3 is 0 Å². The van der Waals surface area contributed by atoms with Crippen LogP contribution in [0.15, 0.2) is 12.4 Å². The zero-order chi connectivity index (χ0) is 11.6. The summed E-state index contributed by atoms with van der Waals surface area (Å²) in [4.78, 5) is 0. The molecule has 1 aromatic rings. The van der Waals surface area contributed by atoms with Crippen molar-refractivity contribution in [2.75, 3.05) is 5.75 Å². The van der Waals surface area contributed by atoms with Crippen molar-refractivity contribution < 1.29 is 0 Å². The third-order valence-electron chi connectivity index (χ3n) is 2.81. The van der Waals surface area contributed by atoms with E-state index in [0.29, 0.717) is 0 Å². The summed E-state index contributed by atoms with van der Waals surface area (Å²) in [7, 11) is 0. The quantitative estimate of drug-likeness (QED) is 0.513. The van der Waals surface area contributed by atoms with E-state index in [4.69, 9.17) is 0 Å². The molecule has 2 nitrogen and oxygen atoms in total. The molecule has 0 bridgehead atoms. The van der Waals surface area contributed by atoms with Crippen molar-refractivity contribution in [2.24, 2.45) is 0 Å². The van der Waals surface area contributed by atoms with E-state index in [0.717, 1.165) is 12.3 Å². The fourth-order valence-corrected chi connectivity index (χ4v) is 2.08. The van der Waals surface area contributed by atoms with Crippen LogP contribution in [0.25, 0.3) is 0 Å². The summed E-state index contributed by atoms with van der Waals surface area (Å²) >= 11 is 4.21. The number of rotatable bonds is 9. The van der Waals surface area contributed by atoms with Crippen LogP contribution in [0.5, 0.6) is 0 Å². The van der Waals surface area contributed by atoms with Crippen molar-refractivity contribution in [3.63, 3.8) is 0 Å². The van der Waals surface area contributed by atoms with Gasteiger partial charge in [-0.25, -0.2) is 0 Å². The smallest absolute Gasteiger partial charge is 0.0518 e. The molecule has 1 heterocycles. The predicted octanol–water partition coefficient (Wildman–Crippen LogP) is 3.85. The minimum atomic E-state index is 1.04. The van der Waals surface area contributed by atoms with E-state index < -0.39 is 0 Å². The first kappa shape index (κ1) is 13.6. The van der Waals surface area contributed by atoms with E-state index >= 15 is 0 Å². The van der Waals surface area contributed by atoms with Gasteiger partial charge in [0.25, 0.3) is 0 Å². The summed E-state index contributed by atoms with van der Waals surface area (Å²) in [6.45, 7) is 3.16. The summed E-state index contributed by atoms with van der Waals surface area (Å²) in [5.41, 5.74) is 1.26. The van der Waals surface area contributed by atoms with Gasteiger partial charge in [0.15, 0.2) is 0 Å². The van der Waals surface area contributed by atoms with Crippen LogP contribution in [0, 0.1) is 6.92 Å². The molecule has 0 N–H and O–H groups in total. The summed E-state index contributed by atoms with van der Waals surface area (Å²) in [5.74, 6) is 1.04. The fraction of sp³-hybridized carbons (Fsp3) is 0.769. The van der Waals surface area contributed by atoms with Gasteiger partial charge >= 0.3 is 0 Å². The van der Waals surface area contributed by atoms with Crippen LogP contribution in [0.1, 0.15) is 50.5 Å². The van der Waals surface area contributed by atoms with E-state index in [1.807, 2.05) is 6.20 Å². The Balaban J connectivity index is 1.88. The average molecular weight is 240 g/mol.